The minimum Gasteiger partial charge on any atom is -0.465 e. The number of rotatable bonds is 4. The number of benzene rings is 1. The van der Waals surface area contributed by atoms with Gasteiger partial charge in [0.05, 0.1) is 6.61 Å². The first-order valence-electron chi connectivity index (χ1n) is 8.66. The van der Waals surface area contributed by atoms with Crippen LogP contribution in [0.3, 0.4) is 0 Å². The highest BCUT2D eigenvalue weighted by atomic mass is 19.4. The average molecular weight is 362 g/mol. The number of halogens is 4. The standard InChI is InChI=1S/C18H22F4O3/c1-11-2-4-12(5-3-11)10-23-17-7-6-13-8-16(25-18(20,21)22)14(19)9-15(13)24-17/h8-9,11-12,17H,2-7,10H2,1H3. The first-order valence-corrected chi connectivity index (χ1v) is 8.66. The highest BCUT2D eigenvalue weighted by Gasteiger charge is 2.33. The van der Waals surface area contributed by atoms with E-state index in [1.165, 1.54) is 12.8 Å². The minimum absolute atomic E-state index is 0.223. The normalized spacial score (nSPS) is 26.7. The summed E-state index contributed by atoms with van der Waals surface area (Å²) in [6, 6.07) is 1.99. The second kappa shape index (κ2) is 7.40. The first-order chi connectivity index (χ1) is 11.8. The maximum Gasteiger partial charge on any atom is 0.573 e. The van der Waals surface area contributed by atoms with Crippen LogP contribution in [0.2, 0.25) is 0 Å². The number of ether oxygens (including phenoxy) is 3. The van der Waals surface area contributed by atoms with Crippen molar-refractivity contribution in [2.24, 2.45) is 11.8 Å². The van der Waals surface area contributed by atoms with Gasteiger partial charge in [0.25, 0.3) is 0 Å². The fourth-order valence-corrected chi connectivity index (χ4v) is 3.42. The summed E-state index contributed by atoms with van der Waals surface area (Å²) in [7, 11) is 0. The lowest BCUT2D eigenvalue weighted by Crippen LogP contribution is -2.29. The van der Waals surface area contributed by atoms with E-state index in [4.69, 9.17) is 9.47 Å². The molecule has 2 aliphatic rings. The molecule has 0 spiro atoms. The van der Waals surface area contributed by atoms with E-state index in [9.17, 15) is 17.6 Å². The Balaban J connectivity index is 1.57. The highest BCUT2D eigenvalue weighted by Crippen LogP contribution is 2.36. The van der Waals surface area contributed by atoms with Crippen LogP contribution >= 0.6 is 0 Å². The molecule has 25 heavy (non-hydrogen) atoms. The Morgan fingerprint density at radius 1 is 1.12 bits per heavy atom. The van der Waals surface area contributed by atoms with Gasteiger partial charge in [-0.2, -0.15) is 0 Å². The maximum absolute atomic E-state index is 13.8. The summed E-state index contributed by atoms with van der Waals surface area (Å²) in [5, 5.41) is 0. The molecule has 0 aromatic heterocycles. The van der Waals surface area contributed by atoms with Crippen molar-refractivity contribution in [3.05, 3.63) is 23.5 Å². The molecule has 0 N–H and O–H groups in total. The molecule has 1 atom stereocenters. The van der Waals surface area contributed by atoms with Crippen molar-refractivity contribution in [1.29, 1.82) is 0 Å². The molecular formula is C18H22F4O3. The molecule has 1 heterocycles. The lowest BCUT2D eigenvalue weighted by molar-refractivity contribution is -0.275. The third kappa shape index (κ3) is 5.00. The Morgan fingerprint density at radius 2 is 1.84 bits per heavy atom. The molecule has 0 amide bonds. The van der Waals surface area contributed by atoms with Crippen LogP contribution in [0.25, 0.3) is 0 Å². The molecule has 1 fully saturated rings. The molecule has 0 saturated heterocycles. The maximum atomic E-state index is 13.8. The molecule has 0 radical (unpaired) electrons. The van der Waals surface area contributed by atoms with Crippen LogP contribution in [0.4, 0.5) is 17.6 Å². The summed E-state index contributed by atoms with van der Waals surface area (Å²) < 4.78 is 65.8. The van der Waals surface area contributed by atoms with E-state index in [0.29, 0.717) is 30.9 Å². The summed E-state index contributed by atoms with van der Waals surface area (Å²) >= 11 is 0. The molecule has 1 aromatic rings. The molecule has 0 bridgehead atoms. The van der Waals surface area contributed by atoms with E-state index in [1.54, 1.807) is 0 Å². The SMILES string of the molecule is CC1CCC(COC2CCc3cc(OC(F)(F)F)c(F)cc3O2)CC1. The molecule has 3 rings (SSSR count). The zero-order valence-electron chi connectivity index (χ0n) is 14.1. The van der Waals surface area contributed by atoms with Crippen molar-refractivity contribution in [2.45, 2.75) is 58.1 Å². The summed E-state index contributed by atoms with van der Waals surface area (Å²) in [4.78, 5) is 0. The van der Waals surface area contributed by atoms with E-state index in [1.807, 2.05) is 0 Å². The van der Waals surface area contributed by atoms with Crippen molar-refractivity contribution in [1.82, 2.24) is 0 Å². The van der Waals surface area contributed by atoms with Gasteiger partial charge >= 0.3 is 6.36 Å². The average Bonchev–Trinajstić information content (AvgIpc) is 2.54. The second-order valence-electron chi connectivity index (χ2n) is 6.98. The van der Waals surface area contributed by atoms with Crippen molar-refractivity contribution >= 4 is 0 Å². The zero-order valence-corrected chi connectivity index (χ0v) is 14.1. The summed E-state index contributed by atoms with van der Waals surface area (Å²) in [6.07, 6.45) is 0.247. The van der Waals surface area contributed by atoms with Gasteiger partial charge in [0.1, 0.15) is 5.75 Å². The van der Waals surface area contributed by atoms with Gasteiger partial charge in [0.2, 0.25) is 0 Å². The number of hydrogen-bond donors (Lipinski definition) is 0. The molecule has 1 unspecified atom stereocenters. The van der Waals surface area contributed by atoms with Gasteiger partial charge in [-0.25, -0.2) is 4.39 Å². The van der Waals surface area contributed by atoms with Crippen LogP contribution in [-0.2, 0) is 11.2 Å². The Bertz CT molecular complexity index is 595. The Labute approximate surface area is 144 Å². The van der Waals surface area contributed by atoms with Crippen LogP contribution < -0.4 is 9.47 Å². The largest absolute Gasteiger partial charge is 0.573 e. The van der Waals surface area contributed by atoms with Gasteiger partial charge in [-0.3, -0.25) is 0 Å². The van der Waals surface area contributed by atoms with Gasteiger partial charge in [-0.1, -0.05) is 19.8 Å². The lowest BCUT2D eigenvalue weighted by atomic mass is 9.83. The van der Waals surface area contributed by atoms with Gasteiger partial charge in [-0.15, -0.1) is 13.2 Å². The van der Waals surface area contributed by atoms with Gasteiger partial charge in [-0.05, 0) is 42.7 Å². The van der Waals surface area contributed by atoms with Crippen molar-refractivity contribution in [3.8, 4) is 11.5 Å². The topological polar surface area (TPSA) is 27.7 Å². The molecule has 7 heteroatoms. The van der Waals surface area contributed by atoms with E-state index in [0.717, 1.165) is 30.9 Å². The summed E-state index contributed by atoms with van der Waals surface area (Å²) in [5.74, 6) is -0.422. The minimum atomic E-state index is -4.92. The summed E-state index contributed by atoms with van der Waals surface area (Å²) in [6.45, 7) is 2.86. The van der Waals surface area contributed by atoms with Crippen LogP contribution in [0.5, 0.6) is 11.5 Å². The van der Waals surface area contributed by atoms with Crippen LogP contribution in [0, 0.1) is 17.7 Å². The zero-order chi connectivity index (χ0) is 18.0. The molecule has 1 aromatic carbocycles. The molecule has 1 saturated carbocycles. The van der Waals surface area contributed by atoms with Crippen LogP contribution in [0.1, 0.15) is 44.6 Å². The number of fused-ring (bicyclic) bond motifs is 1. The molecule has 140 valence electrons. The van der Waals surface area contributed by atoms with Crippen LogP contribution in [0.15, 0.2) is 12.1 Å². The number of hydrogen-bond acceptors (Lipinski definition) is 3. The fourth-order valence-electron chi connectivity index (χ4n) is 3.42. The smallest absolute Gasteiger partial charge is 0.465 e. The van der Waals surface area contributed by atoms with Gasteiger partial charge in [0.15, 0.2) is 17.9 Å². The molecule has 1 aliphatic carbocycles. The van der Waals surface area contributed by atoms with E-state index in [-0.39, 0.29) is 5.75 Å². The number of alkyl halides is 3. The Morgan fingerprint density at radius 3 is 2.52 bits per heavy atom. The Hall–Kier alpha value is -1.50. The predicted octanol–water partition coefficient (Wildman–Crippen LogP) is 5.22. The van der Waals surface area contributed by atoms with Gasteiger partial charge < -0.3 is 14.2 Å². The van der Waals surface area contributed by atoms with E-state index < -0.39 is 24.2 Å². The number of aryl methyl sites for hydroxylation is 1. The third-order valence-electron chi connectivity index (χ3n) is 4.90. The van der Waals surface area contributed by atoms with Crippen molar-refractivity contribution in [3.63, 3.8) is 0 Å². The van der Waals surface area contributed by atoms with Crippen molar-refractivity contribution < 1.29 is 31.8 Å². The van der Waals surface area contributed by atoms with Gasteiger partial charge in [0, 0.05) is 12.5 Å². The monoisotopic (exact) mass is 362 g/mol. The molecule has 1 aliphatic heterocycles. The molecule has 3 nitrogen and oxygen atoms in total. The van der Waals surface area contributed by atoms with Crippen molar-refractivity contribution in [2.75, 3.05) is 6.61 Å². The van der Waals surface area contributed by atoms with E-state index >= 15 is 0 Å². The second-order valence-corrected chi connectivity index (χ2v) is 6.98. The Kier molecular flexibility index (Phi) is 5.41. The van der Waals surface area contributed by atoms with Crippen LogP contribution in [-0.4, -0.2) is 19.3 Å². The highest BCUT2D eigenvalue weighted by molar-refractivity contribution is 5.42. The first kappa shape index (κ1) is 18.3. The molecular weight excluding hydrogens is 340 g/mol. The lowest BCUT2D eigenvalue weighted by Gasteiger charge is -2.30. The van der Waals surface area contributed by atoms with E-state index in [2.05, 4.69) is 11.7 Å². The quantitative estimate of drug-likeness (QED) is 0.688. The fraction of sp³-hybridized carbons (Fsp3) is 0.667. The third-order valence-corrected chi connectivity index (χ3v) is 4.90. The predicted molar refractivity (Wildman–Crippen MR) is 82.9 cm³/mol. The summed E-state index contributed by atoms with van der Waals surface area (Å²) in [5.41, 5.74) is 0.493.